The molecule has 1 aliphatic heterocycles. The quantitative estimate of drug-likeness (QED) is 0.825. The molecule has 2 heterocycles. The summed E-state index contributed by atoms with van der Waals surface area (Å²) in [7, 11) is 0. The molecule has 1 atom stereocenters. The summed E-state index contributed by atoms with van der Waals surface area (Å²) in [6.07, 6.45) is 3.81. The predicted molar refractivity (Wildman–Crippen MR) is 74.2 cm³/mol. The summed E-state index contributed by atoms with van der Waals surface area (Å²) in [6, 6.07) is 11.7. The number of hydrogen-bond donors (Lipinski definition) is 0. The van der Waals surface area contributed by atoms with Crippen molar-refractivity contribution in [1.82, 2.24) is 0 Å². The van der Waals surface area contributed by atoms with Crippen LogP contribution in [0.1, 0.15) is 30.2 Å². The number of benzene rings is 1. The van der Waals surface area contributed by atoms with E-state index in [1.807, 2.05) is 18.2 Å². The summed E-state index contributed by atoms with van der Waals surface area (Å²) >= 11 is 6.07. The summed E-state index contributed by atoms with van der Waals surface area (Å²) < 4.78 is 5.52. The van der Waals surface area contributed by atoms with E-state index in [0.717, 1.165) is 30.8 Å². The SMILES string of the molecule is N#Cc1ccc(Cl)cc1N1CCCC1c1ccco1. The normalized spacial score (nSPS) is 18.5. The zero-order valence-corrected chi connectivity index (χ0v) is 11.1. The van der Waals surface area contributed by atoms with Crippen molar-refractivity contribution in [2.75, 3.05) is 11.4 Å². The van der Waals surface area contributed by atoms with E-state index in [1.54, 1.807) is 18.4 Å². The van der Waals surface area contributed by atoms with Gasteiger partial charge in [-0.1, -0.05) is 11.6 Å². The van der Waals surface area contributed by atoms with Crippen molar-refractivity contribution in [3.05, 3.63) is 52.9 Å². The van der Waals surface area contributed by atoms with Crippen molar-refractivity contribution >= 4 is 17.3 Å². The molecule has 1 saturated heterocycles. The lowest BCUT2D eigenvalue weighted by atomic mass is 10.1. The Morgan fingerprint density at radius 2 is 2.26 bits per heavy atom. The highest BCUT2D eigenvalue weighted by Crippen LogP contribution is 2.38. The third-order valence-corrected chi connectivity index (χ3v) is 3.75. The molecule has 0 N–H and O–H groups in total. The maximum Gasteiger partial charge on any atom is 0.126 e. The molecule has 0 saturated carbocycles. The fraction of sp³-hybridized carbons (Fsp3) is 0.267. The van der Waals surface area contributed by atoms with Crippen molar-refractivity contribution < 1.29 is 4.42 Å². The first-order valence-electron chi connectivity index (χ1n) is 6.29. The fourth-order valence-electron chi connectivity index (χ4n) is 2.67. The summed E-state index contributed by atoms with van der Waals surface area (Å²) in [6.45, 7) is 0.917. The van der Waals surface area contributed by atoms with Gasteiger partial charge in [0.05, 0.1) is 23.6 Å². The van der Waals surface area contributed by atoms with Crippen LogP contribution in [0.4, 0.5) is 5.69 Å². The Kier molecular flexibility index (Phi) is 3.18. The van der Waals surface area contributed by atoms with E-state index >= 15 is 0 Å². The highest BCUT2D eigenvalue weighted by atomic mass is 35.5. The molecule has 0 radical (unpaired) electrons. The summed E-state index contributed by atoms with van der Waals surface area (Å²) in [5, 5.41) is 9.90. The zero-order valence-electron chi connectivity index (χ0n) is 10.3. The van der Waals surface area contributed by atoms with E-state index in [4.69, 9.17) is 16.0 Å². The predicted octanol–water partition coefficient (Wildman–Crippen LogP) is 4.15. The van der Waals surface area contributed by atoms with Gasteiger partial charge >= 0.3 is 0 Å². The largest absolute Gasteiger partial charge is 0.467 e. The van der Waals surface area contributed by atoms with Crippen LogP contribution in [-0.2, 0) is 0 Å². The number of halogens is 1. The van der Waals surface area contributed by atoms with Gasteiger partial charge in [0.2, 0.25) is 0 Å². The van der Waals surface area contributed by atoms with Crippen LogP contribution in [0, 0.1) is 11.3 Å². The second-order valence-corrected chi connectivity index (χ2v) is 5.08. The van der Waals surface area contributed by atoms with Gasteiger partial charge in [-0.3, -0.25) is 0 Å². The minimum absolute atomic E-state index is 0.195. The van der Waals surface area contributed by atoms with E-state index in [2.05, 4.69) is 11.0 Å². The molecule has 96 valence electrons. The second-order valence-electron chi connectivity index (χ2n) is 4.64. The number of furan rings is 1. The molecule has 1 aliphatic rings. The number of rotatable bonds is 2. The van der Waals surface area contributed by atoms with Crippen LogP contribution in [0.25, 0.3) is 0 Å². The Labute approximate surface area is 117 Å². The molecule has 1 aromatic heterocycles. The molecular weight excluding hydrogens is 260 g/mol. The van der Waals surface area contributed by atoms with Gasteiger partial charge in [-0.25, -0.2) is 0 Å². The average molecular weight is 273 g/mol. The van der Waals surface area contributed by atoms with Gasteiger partial charge in [-0.2, -0.15) is 5.26 Å². The van der Waals surface area contributed by atoms with E-state index in [9.17, 15) is 5.26 Å². The lowest BCUT2D eigenvalue weighted by Crippen LogP contribution is -2.23. The van der Waals surface area contributed by atoms with Gasteiger partial charge in [-0.05, 0) is 43.2 Å². The summed E-state index contributed by atoms with van der Waals surface area (Å²) in [5.74, 6) is 0.946. The minimum atomic E-state index is 0.195. The Hall–Kier alpha value is -1.92. The van der Waals surface area contributed by atoms with Gasteiger partial charge in [0, 0.05) is 11.6 Å². The van der Waals surface area contributed by atoms with Gasteiger partial charge in [0.15, 0.2) is 0 Å². The highest BCUT2D eigenvalue weighted by molar-refractivity contribution is 6.30. The van der Waals surface area contributed by atoms with Gasteiger partial charge < -0.3 is 9.32 Å². The Morgan fingerprint density at radius 1 is 1.37 bits per heavy atom. The third-order valence-electron chi connectivity index (χ3n) is 3.51. The second kappa shape index (κ2) is 4.99. The monoisotopic (exact) mass is 272 g/mol. The number of anilines is 1. The van der Waals surface area contributed by atoms with E-state index in [1.165, 1.54) is 0 Å². The fourth-order valence-corrected chi connectivity index (χ4v) is 2.84. The first-order valence-corrected chi connectivity index (χ1v) is 6.67. The van der Waals surface area contributed by atoms with Crippen molar-refractivity contribution in [2.24, 2.45) is 0 Å². The van der Waals surface area contributed by atoms with Gasteiger partial charge in [0.25, 0.3) is 0 Å². The Morgan fingerprint density at radius 3 is 3.00 bits per heavy atom. The maximum atomic E-state index is 9.24. The van der Waals surface area contributed by atoms with Crippen molar-refractivity contribution in [2.45, 2.75) is 18.9 Å². The molecule has 1 aromatic carbocycles. The molecule has 0 spiro atoms. The van der Waals surface area contributed by atoms with Crippen LogP contribution in [0.2, 0.25) is 5.02 Å². The van der Waals surface area contributed by atoms with Gasteiger partial charge in [0.1, 0.15) is 11.8 Å². The van der Waals surface area contributed by atoms with Crippen molar-refractivity contribution in [3.63, 3.8) is 0 Å². The van der Waals surface area contributed by atoms with Gasteiger partial charge in [-0.15, -0.1) is 0 Å². The van der Waals surface area contributed by atoms with Crippen LogP contribution < -0.4 is 4.90 Å². The minimum Gasteiger partial charge on any atom is -0.467 e. The molecule has 0 amide bonds. The first-order chi connectivity index (χ1) is 9.29. The molecule has 4 heteroatoms. The van der Waals surface area contributed by atoms with E-state index in [0.29, 0.717) is 10.6 Å². The molecule has 19 heavy (non-hydrogen) atoms. The van der Waals surface area contributed by atoms with Crippen LogP contribution in [-0.4, -0.2) is 6.54 Å². The average Bonchev–Trinajstić information content (AvgIpc) is 3.09. The van der Waals surface area contributed by atoms with Crippen LogP contribution >= 0.6 is 11.6 Å². The maximum absolute atomic E-state index is 9.24. The molecule has 0 bridgehead atoms. The van der Waals surface area contributed by atoms with E-state index < -0.39 is 0 Å². The topological polar surface area (TPSA) is 40.2 Å². The Balaban J connectivity index is 2.02. The van der Waals surface area contributed by atoms with Crippen LogP contribution in [0.15, 0.2) is 41.0 Å². The van der Waals surface area contributed by atoms with Crippen LogP contribution in [0.5, 0.6) is 0 Å². The number of nitriles is 1. The summed E-state index contributed by atoms with van der Waals surface area (Å²) in [4.78, 5) is 2.21. The molecule has 3 rings (SSSR count). The molecule has 2 aromatic rings. The molecule has 1 fully saturated rings. The standard InChI is InChI=1S/C15H13ClN2O/c16-12-6-5-11(10-17)14(9-12)18-7-1-3-13(18)15-4-2-8-19-15/h2,4-6,8-9,13H,1,3,7H2. The third kappa shape index (κ3) is 2.20. The lowest BCUT2D eigenvalue weighted by Gasteiger charge is -2.26. The highest BCUT2D eigenvalue weighted by Gasteiger charge is 2.29. The molecular formula is C15H13ClN2O. The van der Waals surface area contributed by atoms with E-state index in [-0.39, 0.29) is 6.04 Å². The van der Waals surface area contributed by atoms with Crippen molar-refractivity contribution in [1.29, 1.82) is 5.26 Å². The van der Waals surface area contributed by atoms with Crippen LogP contribution in [0.3, 0.4) is 0 Å². The zero-order chi connectivity index (χ0) is 13.2. The number of hydrogen-bond acceptors (Lipinski definition) is 3. The smallest absolute Gasteiger partial charge is 0.126 e. The number of nitrogens with zero attached hydrogens (tertiary/aromatic N) is 2. The summed E-state index contributed by atoms with van der Waals surface area (Å²) in [5.41, 5.74) is 1.55. The Bertz CT molecular complexity index is 616. The molecule has 0 aliphatic carbocycles. The lowest BCUT2D eigenvalue weighted by molar-refractivity contribution is 0.465. The molecule has 1 unspecified atom stereocenters. The molecule has 3 nitrogen and oxygen atoms in total. The first kappa shape index (κ1) is 12.1. The van der Waals surface area contributed by atoms with Crippen molar-refractivity contribution in [3.8, 4) is 6.07 Å².